The summed E-state index contributed by atoms with van der Waals surface area (Å²) in [6.07, 6.45) is 0.688. The molecule has 0 spiro atoms. The molecule has 0 amide bonds. The number of rotatable bonds is 8. The highest BCUT2D eigenvalue weighted by Gasteiger charge is 2.13. The van der Waals surface area contributed by atoms with Crippen LogP contribution in [0.3, 0.4) is 0 Å². The van der Waals surface area contributed by atoms with E-state index in [1.807, 2.05) is 0 Å². The van der Waals surface area contributed by atoms with Crippen LogP contribution in [0, 0.1) is 0 Å². The van der Waals surface area contributed by atoms with Gasteiger partial charge in [-0.25, -0.2) is 4.79 Å². The first-order chi connectivity index (χ1) is 12.3. The number of carboxylic acids is 1. The molecule has 26 heavy (non-hydrogen) atoms. The highest BCUT2D eigenvalue weighted by Crippen LogP contribution is 2.22. The molecular formula is C21H26O4S. The van der Waals surface area contributed by atoms with Crippen molar-refractivity contribution in [3.8, 4) is 5.75 Å². The molecule has 0 aliphatic heterocycles. The van der Waals surface area contributed by atoms with Crippen LogP contribution in [0.2, 0.25) is 0 Å². The van der Waals surface area contributed by atoms with Gasteiger partial charge < -0.3 is 9.84 Å². The molecule has 0 fully saturated rings. The molecule has 0 bridgehead atoms. The predicted octanol–water partition coefficient (Wildman–Crippen LogP) is 4.40. The van der Waals surface area contributed by atoms with Crippen LogP contribution in [0.25, 0.3) is 0 Å². The number of carbonyl (C=O) groups is 1. The van der Waals surface area contributed by atoms with E-state index in [1.165, 1.54) is 17.7 Å². The quantitative estimate of drug-likeness (QED) is 0.696. The molecule has 140 valence electrons. The van der Waals surface area contributed by atoms with Gasteiger partial charge in [-0.2, -0.15) is 0 Å². The van der Waals surface area contributed by atoms with Crippen LogP contribution in [0.5, 0.6) is 5.75 Å². The zero-order valence-corrected chi connectivity index (χ0v) is 16.3. The average Bonchev–Trinajstić information content (AvgIpc) is 2.59. The van der Waals surface area contributed by atoms with Gasteiger partial charge in [0.15, 0.2) is 0 Å². The number of benzene rings is 2. The molecule has 0 saturated heterocycles. The van der Waals surface area contributed by atoms with E-state index < -0.39 is 16.8 Å². The lowest BCUT2D eigenvalue weighted by atomic mass is 9.87. The fraction of sp³-hybridized carbons (Fsp3) is 0.381. The van der Waals surface area contributed by atoms with Crippen molar-refractivity contribution in [2.24, 2.45) is 0 Å². The third-order valence-corrected chi connectivity index (χ3v) is 5.43. The summed E-state index contributed by atoms with van der Waals surface area (Å²) in [4.78, 5) is 10.8. The van der Waals surface area contributed by atoms with Crippen molar-refractivity contribution in [3.63, 3.8) is 0 Å². The Balaban J connectivity index is 1.72. The van der Waals surface area contributed by atoms with E-state index in [9.17, 15) is 9.00 Å². The molecule has 0 saturated carbocycles. The molecule has 5 heteroatoms. The summed E-state index contributed by atoms with van der Waals surface area (Å²) in [5.74, 6) is 0.799. The van der Waals surface area contributed by atoms with E-state index in [-0.39, 0.29) is 11.0 Å². The zero-order valence-electron chi connectivity index (χ0n) is 15.5. The fourth-order valence-electron chi connectivity index (χ4n) is 2.46. The maximum Gasteiger partial charge on any atom is 0.335 e. The van der Waals surface area contributed by atoms with Crippen molar-refractivity contribution in [2.45, 2.75) is 38.4 Å². The highest BCUT2D eigenvalue weighted by atomic mass is 32.2. The molecule has 4 nitrogen and oxygen atoms in total. The standard InChI is InChI=1S/C21H26O4S/c1-21(2,3)18-9-5-16(6-10-18)15-26(24)14-4-13-25-19-11-7-17(8-12-19)20(22)23/h5-12H,4,13-15H2,1-3H3,(H,22,23). The van der Waals surface area contributed by atoms with E-state index >= 15 is 0 Å². The Morgan fingerprint density at radius 1 is 1.04 bits per heavy atom. The molecule has 0 radical (unpaired) electrons. The van der Waals surface area contributed by atoms with Crippen LogP contribution in [0.4, 0.5) is 0 Å². The largest absolute Gasteiger partial charge is 0.494 e. The first-order valence-electron chi connectivity index (χ1n) is 8.66. The van der Waals surface area contributed by atoms with Gasteiger partial charge in [-0.15, -0.1) is 0 Å². The van der Waals surface area contributed by atoms with Gasteiger partial charge in [0.25, 0.3) is 0 Å². The van der Waals surface area contributed by atoms with Crippen molar-refractivity contribution >= 4 is 16.8 Å². The lowest BCUT2D eigenvalue weighted by Gasteiger charge is -2.19. The number of aromatic carboxylic acids is 1. The maximum absolute atomic E-state index is 12.2. The summed E-state index contributed by atoms with van der Waals surface area (Å²) in [6.45, 7) is 6.99. The Kier molecular flexibility index (Phi) is 6.98. The molecule has 0 aliphatic rings. The molecule has 0 aliphatic carbocycles. The molecule has 0 aromatic heterocycles. The van der Waals surface area contributed by atoms with Crippen LogP contribution < -0.4 is 4.74 Å². The fourth-order valence-corrected chi connectivity index (χ4v) is 3.61. The van der Waals surface area contributed by atoms with Crippen molar-refractivity contribution in [3.05, 3.63) is 65.2 Å². The second-order valence-electron chi connectivity index (χ2n) is 7.27. The van der Waals surface area contributed by atoms with Gasteiger partial charge in [-0.05, 0) is 47.2 Å². The Hall–Kier alpha value is -2.14. The molecule has 1 atom stereocenters. The Morgan fingerprint density at radius 2 is 1.65 bits per heavy atom. The van der Waals surface area contributed by atoms with E-state index in [0.29, 0.717) is 30.3 Å². The number of ether oxygens (including phenoxy) is 1. The van der Waals surface area contributed by atoms with Crippen molar-refractivity contribution in [1.82, 2.24) is 0 Å². The summed E-state index contributed by atoms with van der Waals surface area (Å²) < 4.78 is 17.8. The third kappa shape index (κ3) is 6.30. The van der Waals surface area contributed by atoms with Crippen LogP contribution in [0.15, 0.2) is 48.5 Å². The summed E-state index contributed by atoms with van der Waals surface area (Å²) in [5, 5.41) is 8.85. The maximum atomic E-state index is 12.2. The zero-order chi connectivity index (χ0) is 19.2. The number of hydrogen-bond acceptors (Lipinski definition) is 3. The molecule has 2 aromatic carbocycles. The second kappa shape index (κ2) is 8.99. The van der Waals surface area contributed by atoms with E-state index in [0.717, 1.165) is 5.56 Å². The molecule has 0 heterocycles. The van der Waals surface area contributed by atoms with E-state index in [2.05, 4.69) is 45.0 Å². The topological polar surface area (TPSA) is 63.6 Å². The summed E-state index contributed by atoms with van der Waals surface area (Å²) in [7, 11) is -0.924. The third-order valence-electron chi connectivity index (χ3n) is 4.03. The normalized spacial score (nSPS) is 12.6. The Labute approximate surface area is 157 Å². The van der Waals surface area contributed by atoms with Gasteiger partial charge in [-0.3, -0.25) is 4.21 Å². The van der Waals surface area contributed by atoms with Crippen molar-refractivity contribution in [1.29, 1.82) is 0 Å². The van der Waals surface area contributed by atoms with Crippen LogP contribution >= 0.6 is 0 Å². The Bertz CT molecular complexity index is 743. The lowest BCUT2D eigenvalue weighted by molar-refractivity contribution is 0.0697. The van der Waals surface area contributed by atoms with Gasteiger partial charge >= 0.3 is 5.97 Å². The van der Waals surface area contributed by atoms with Crippen LogP contribution in [-0.4, -0.2) is 27.6 Å². The van der Waals surface area contributed by atoms with E-state index in [1.54, 1.807) is 12.1 Å². The van der Waals surface area contributed by atoms with Crippen molar-refractivity contribution in [2.75, 3.05) is 12.4 Å². The van der Waals surface area contributed by atoms with Gasteiger partial charge in [0, 0.05) is 22.3 Å². The van der Waals surface area contributed by atoms with Gasteiger partial charge in [-0.1, -0.05) is 45.0 Å². The van der Waals surface area contributed by atoms with Crippen LogP contribution in [-0.2, 0) is 22.0 Å². The van der Waals surface area contributed by atoms with Crippen LogP contribution in [0.1, 0.15) is 48.7 Å². The summed E-state index contributed by atoms with van der Waals surface area (Å²) in [6, 6.07) is 14.6. The summed E-state index contributed by atoms with van der Waals surface area (Å²) in [5.41, 5.74) is 2.71. The smallest absolute Gasteiger partial charge is 0.335 e. The average molecular weight is 375 g/mol. The predicted molar refractivity (Wildman–Crippen MR) is 105 cm³/mol. The first-order valence-corrected chi connectivity index (χ1v) is 10.1. The molecule has 1 N–H and O–H groups in total. The monoisotopic (exact) mass is 374 g/mol. The molecular weight excluding hydrogens is 348 g/mol. The van der Waals surface area contributed by atoms with Gasteiger partial charge in [0.1, 0.15) is 5.75 Å². The Morgan fingerprint density at radius 3 is 2.19 bits per heavy atom. The minimum Gasteiger partial charge on any atom is -0.494 e. The molecule has 2 aromatic rings. The lowest BCUT2D eigenvalue weighted by Crippen LogP contribution is -2.11. The number of carboxylic acid groups (broad SMARTS) is 1. The van der Waals surface area contributed by atoms with Gasteiger partial charge in [0.05, 0.1) is 12.2 Å². The van der Waals surface area contributed by atoms with E-state index in [4.69, 9.17) is 9.84 Å². The molecule has 2 rings (SSSR count). The van der Waals surface area contributed by atoms with Crippen molar-refractivity contribution < 1.29 is 18.8 Å². The number of hydrogen-bond donors (Lipinski definition) is 1. The minimum absolute atomic E-state index is 0.123. The summed E-state index contributed by atoms with van der Waals surface area (Å²) >= 11 is 0. The second-order valence-corrected chi connectivity index (χ2v) is 8.84. The SMILES string of the molecule is CC(C)(C)c1ccc(CS(=O)CCCOc2ccc(C(=O)O)cc2)cc1. The van der Waals surface area contributed by atoms with Gasteiger partial charge in [0.2, 0.25) is 0 Å². The highest BCUT2D eigenvalue weighted by molar-refractivity contribution is 7.84. The minimum atomic E-state index is -0.956. The first kappa shape index (κ1) is 20.2. The molecule has 1 unspecified atom stereocenters.